The standard InChI is InChI=1S/C23H32N4O4.HI/c1-6-24-23(27(2)16-18-9-12-20(30-4)15-21(18)31-5)26-14-13-25-22(28)17-7-10-19(29-3)11-8-17;/h7-12,15H,6,13-14,16H2,1-5H3,(H,24,26)(H,25,28);1H. The van der Waals surface area contributed by atoms with E-state index in [1.165, 1.54) is 0 Å². The second kappa shape index (κ2) is 14.4. The number of ether oxygens (including phenoxy) is 3. The van der Waals surface area contributed by atoms with Gasteiger partial charge in [-0.25, -0.2) is 0 Å². The van der Waals surface area contributed by atoms with Gasteiger partial charge < -0.3 is 29.7 Å². The summed E-state index contributed by atoms with van der Waals surface area (Å²) in [6.07, 6.45) is 0. The van der Waals surface area contributed by atoms with Gasteiger partial charge in [0.05, 0.1) is 27.9 Å². The van der Waals surface area contributed by atoms with Crippen LogP contribution in [-0.2, 0) is 6.54 Å². The fourth-order valence-electron chi connectivity index (χ4n) is 2.96. The monoisotopic (exact) mass is 556 g/mol. The molecule has 0 saturated heterocycles. The zero-order valence-corrected chi connectivity index (χ0v) is 21.6. The molecule has 0 aliphatic rings. The molecule has 0 unspecified atom stereocenters. The van der Waals surface area contributed by atoms with Crippen LogP contribution in [0, 0.1) is 0 Å². The second-order valence-electron chi connectivity index (χ2n) is 6.75. The van der Waals surface area contributed by atoms with Crippen molar-refractivity contribution in [2.24, 2.45) is 4.99 Å². The summed E-state index contributed by atoms with van der Waals surface area (Å²) >= 11 is 0. The highest BCUT2D eigenvalue weighted by molar-refractivity contribution is 14.0. The summed E-state index contributed by atoms with van der Waals surface area (Å²) in [5.41, 5.74) is 1.60. The number of hydrogen-bond acceptors (Lipinski definition) is 5. The average Bonchev–Trinajstić information content (AvgIpc) is 2.81. The number of amides is 1. The average molecular weight is 556 g/mol. The van der Waals surface area contributed by atoms with Crippen LogP contribution in [0.1, 0.15) is 22.8 Å². The van der Waals surface area contributed by atoms with Crippen molar-refractivity contribution in [3.8, 4) is 17.2 Å². The largest absolute Gasteiger partial charge is 0.497 e. The Morgan fingerprint density at radius 2 is 1.62 bits per heavy atom. The zero-order valence-electron chi connectivity index (χ0n) is 19.3. The van der Waals surface area contributed by atoms with Crippen molar-refractivity contribution < 1.29 is 19.0 Å². The number of nitrogens with zero attached hydrogens (tertiary/aromatic N) is 2. The molecule has 0 heterocycles. The lowest BCUT2D eigenvalue weighted by atomic mass is 10.2. The number of nitrogens with one attached hydrogen (secondary N) is 2. The Hall–Kier alpha value is -2.69. The molecule has 8 nitrogen and oxygen atoms in total. The van der Waals surface area contributed by atoms with Crippen molar-refractivity contribution in [3.05, 3.63) is 53.6 Å². The van der Waals surface area contributed by atoms with E-state index in [1.807, 2.05) is 37.1 Å². The maximum absolute atomic E-state index is 12.3. The van der Waals surface area contributed by atoms with E-state index < -0.39 is 0 Å². The maximum atomic E-state index is 12.3. The number of carbonyl (C=O) groups excluding carboxylic acids is 1. The van der Waals surface area contributed by atoms with Crippen molar-refractivity contribution in [1.29, 1.82) is 0 Å². The number of guanidine groups is 1. The first-order chi connectivity index (χ1) is 15.0. The number of methoxy groups -OCH3 is 3. The van der Waals surface area contributed by atoms with Crippen LogP contribution in [0.3, 0.4) is 0 Å². The van der Waals surface area contributed by atoms with Gasteiger partial charge in [-0.3, -0.25) is 9.79 Å². The fourth-order valence-corrected chi connectivity index (χ4v) is 2.96. The molecule has 176 valence electrons. The Labute approximate surface area is 207 Å². The van der Waals surface area contributed by atoms with Gasteiger partial charge in [-0.15, -0.1) is 24.0 Å². The van der Waals surface area contributed by atoms with E-state index in [0.29, 0.717) is 30.9 Å². The van der Waals surface area contributed by atoms with E-state index in [-0.39, 0.29) is 29.9 Å². The summed E-state index contributed by atoms with van der Waals surface area (Å²) in [4.78, 5) is 18.9. The van der Waals surface area contributed by atoms with Gasteiger partial charge in [0.15, 0.2) is 5.96 Å². The Morgan fingerprint density at radius 1 is 0.969 bits per heavy atom. The minimum Gasteiger partial charge on any atom is -0.497 e. The molecule has 0 aliphatic carbocycles. The van der Waals surface area contributed by atoms with Gasteiger partial charge in [0.2, 0.25) is 0 Å². The zero-order chi connectivity index (χ0) is 22.6. The summed E-state index contributed by atoms with van der Waals surface area (Å²) < 4.78 is 15.9. The van der Waals surface area contributed by atoms with Gasteiger partial charge in [-0.2, -0.15) is 0 Å². The first-order valence-electron chi connectivity index (χ1n) is 10.1. The van der Waals surface area contributed by atoms with E-state index >= 15 is 0 Å². The molecule has 0 aromatic heterocycles. The van der Waals surface area contributed by atoms with Crippen molar-refractivity contribution in [2.45, 2.75) is 13.5 Å². The third-order valence-corrected chi connectivity index (χ3v) is 4.61. The van der Waals surface area contributed by atoms with Gasteiger partial charge in [0, 0.05) is 43.9 Å². The van der Waals surface area contributed by atoms with Gasteiger partial charge in [0.1, 0.15) is 17.2 Å². The molecule has 2 aromatic rings. The number of rotatable bonds is 10. The smallest absolute Gasteiger partial charge is 0.251 e. The minimum absolute atomic E-state index is 0. The number of hydrogen-bond donors (Lipinski definition) is 2. The highest BCUT2D eigenvalue weighted by Gasteiger charge is 2.11. The predicted molar refractivity (Wildman–Crippen MR) is 138 cm³/mol. The van der Waals surface area contributed by atoms with Crippen LogP contribution in [0.2, 0.25) is 0 Å². The first-order valence-corrected chi connectivity index (χ1v) is 10.1. The quantitative estimate of drug-likeness (QED) is 0.203. The molecule has 0 radical (unpaired) electrons. The van der Waals surface area contributed by atoms with Crippen LogP contribution in [0.5, 0.6) is 17.2 Å². The molecule has 2 rings (SSSR count). The van der Waals surface area contributed by atoms with Gasteiger partial charge in [-0.1, -0.05) is 0 Å². The summed E-state index contributed by atoms with van der Waals surface area (Å²) in [7, 11) is 6.82. The van der Waals surface area contributed by atoms with Crippen LogP contribution < -0.4 is 24.8 Å². The lowest BCUT2D eigenvalue weighted by molar-refractivity contribution is 0.0954. The Kier molecular flexibility index (Phi) is 12.3. The number of benzene rings is 2. The van der Waals surface area contributed by atoms with E-state index in [1.54, 1.807) is 45.6 Å². The minimum atomic E-state index is -0.140. The van der Waals surface area contributed by atoms with Crippen molar-refractivity contribution >= 4 is 35.8 Å². The van der Waals surface area contributed by atoms with Gasteiger partial charge >= 0.3 is 0 Å². The van der Waals surface area contributed by atoms with Crippen molar-refractivity contribution in [1.82, 2.24) is 15.5 Å². The highest BCUT2D eigenvalue weighted by atomic mass is 127. The summed E-state index contributed by atoms with van der Waals surface area (Å²) in [5, 5.41) is 6.17. The molecule has 0 bridgehead atoms. The van der Waals surface area contributed by atoms with Crippen LogP contribution in [0.25, 0.3) is 0 Å². The van der Waals surface area contributed by atoms with E-state index in [0.717, 1.165) is 29.6 Å². The number of aliphatic imine (C=N–C) groups is 1. The lowest BCUT2D eigenvalue weighted by Gasteiger charge is -2.23. The SMILES string of the molecule is CCNC(=NCCNC(=O)c1ccc(OC)cc1)N(C)Cc1ccc(OC)cc1OC.I. The summed E-state index contributed by atoms with van der Waals surface area (Å²) in [5.74, 6) is 2.83. The topological polar surface area (TPSA) is 84.4 Å². The first kappa shape index (κ1) is 27.3. The van der Waals surface area contributed by atoms with Crippen molar-refractivity contribution in [2.75, 3.05) is 48.0 Å². The third kappa shape index (κ3) is 8.10. The molecule has 9 heteroatoms. The molecule has 0 aliphatic heterocycles. The van der Waals surface area contributed by atoms with Crippen molar-refractivity contribution in [3.63, 3.8) is 0 Å². The molecule has 2 aromatic carbocycles. The summed E-state index contributed by atoms with van der Waals surface area (Å²) in [6, 6.07) is 12.7. The maximum Gasteiger partial charge on any atom is 0.251 e. The molecule has 1 amide bonds. The Bertz CT molecular complexity index is 875. The molecule has 0 fully saturated rings. The van der Waals surface area contributed by atoms with Gasteiger partial charge in [-0.05, 0) is 43.3 Å². The lowest BCUT2D eigenvalue weighted by Crippen LogP contribution is -2.39. The highest BCUT2D eigenvalue weighted by Crippen LogP contribution is 2.25. The molecule has 2 N–H and O–H groups in total. The fraction of sp³-hybridized carbons (Fsp3) is 0.391. The molecule has 0 spiro atoms. The van der Waals surface area contributed by atoms with Crippen LogP contribution >= 0.6 is 24.0 Å². The number of carbonyl (C=O) groups is 1. The Balaban J connectivity index is 0.00000512. The van der Waals surface area contributed by atoms with E-state index in [2.05, 4.69) is 15.6 Å². The van der Waals surface area contributed by atoms with Crippen LogP contribution in [0.4, 0.5) is 0 Å². The van der Waals surface area contributed by atoms with E-state index in [4.69, 9.17) is 14.2 Å². The molecular weight excluding hydrogens is 523 g/mol. The predicted octanol–water partition coefficient (Wildman–Crippen LogP) is 3.16. The van der Waals surface area contributed by atoms with Gasteiger partial charge in [0.25, 0.3) is 5.91 Å². The van der Waals surface area contributed by atoms with Crippen LogP contribution in [0.15, 0.2) is 47.5 Å². The molecule has 0 atom stereocenters. The Morgan fingerprint density at radius 3 is 2.22 bits per heavy atom. The molecule has 0 saturated carbocycles. The third-order valence-electron chi connectivity index (χ3n) is 4.61. The molecule has 32 heavy (non-hydrogen) atoms. The summed E-state index contributed by atoms with van der Waals surface area (Å²) in [6.45, 7) is 4.24. The van der Waals surface area contributed by atoms with E-state index in [9.17, 15) is 4.79 Å². The van der Waals surface area contributed by atoms with Crippen LogP contribution in [-0.4, -0.2) is 64.8 Å². The molecular formula is C23H33IN4O4. The normalized spacial score (nSPS) is 10.6. The second-order valence-corrected chi connectivity index (χ2v) is 6.75. The number of halogens is 1.